The molecule has 0 amide bonds. The van der Waals surface area contributed by atoms with Crippen molar-refractivity contribution >= 4 is 16.2 Å². The molecule has 0 aromatic heterocycles. The highest BCUT2D eigenvalue weighted by Crippen LogP contribution is 2.08. The Morgan fingerprint density at radius 2 is 1.79 bits per heavy atom. The Morgan fingerprint density at radius 1 is 1.26 bits per heavy atom. The van der Waals surface area contributed by atoms with Crippen LogP contribution in [-0.4, -0.2) is 31.8 Å². The summed E-state index contributed by atoms with van der Waals surface area (Å²) in [6.45, 7) is 3.99. The number of quaternary nitrogens is 1. The van der Waals surface area contributed by atoms with Gasteiger partial charge < -0.3 is 9.90 Å². The normalized spacial score (nSPS) is 13.4. The molecular weight excluding hydrogens is 268 g/mol. The predicted molar refractivity (Wildman–Crippen MR) is 68.0 cm³/mol. The average molecular weight is 286 g/mol. The van der Waals surface area contributed by atoms with Crippen LogP contribution in [0.5, 0.6) is 0 Å². The van der Waals surface area contributed by atoms with E-state index in [2.05, 4.69) is 0 Å². The van der Waals surface area contributed by atoms with Gasteiger partial charge in [0, 0.05) is 18.7 Å². The zero-order valence-electron chi connectivity index (χ0n) is 10.9. The Morgan fingerprint density at radius 3 is 2.21 bits per heavy atom. The van der Waals surface area contributed by atoms with Gasteiger partial charge in [0.25, 0.3) is 0 Å². The molecule has 0 aliphatic rings. The van der Waals surface area contributed by atoms with Gasteiger partial charge in [0.1, 0.15) is 5.97 Å². The molecule has 0 aliphatic heterocycles. The van der Waals surface area contributed by atoms with Gasteiger partial charge >= 0.3 is 10.2 Å². The molecule has 1 rings (SSSR count). The second kappa shape index (κ2) is 6.65. The van der Waals surface area contributed by atoms with Gasteiger partial charge in [-0.3, -0.25) is 0 Å². The number of carbonyl (C=O) groups is 1. The van der Waals surface area contributed by atoms with Gasteiger partial charge in [-0.05, 0) is 0 Å². The maximum Gasteiger partial charge on any atom is 0.370 e. The minimum atomic E-state index is -3.73. The van der Waals surface area contributed by atoms with Crippen LogP contribution >= 0.6 is 0 Å². The molecule has 0 aliphatic carbocycles. The first-order valence-corrected chi connectivity index (χ1v) is 7.53. The fourth-order valence-corrected chi connectivity index (χ4v) is 3.28. The SMILES string of the molecule is CCN(CC)S(=O)(=O)[NH2+][C@@H](C(=O)[O-])c1ccccc1. The third kappa shape index (κ3) is 4.02. The van der Waals surface area contributed by atoms with E-state index in [-0.39, 0.29) is 0 Å². The van der Waals surface area contributed by atoms with Crippen LogP contribution < -0.4 is 9.83 Å². The summed E-state index contributed by atoms with van der Waals surface area (Å²) in [5.74, 6) is -1.43. The van der Waals surface area contributed by atoms with Gasteiger partial charge in [-0.15, -0.1) is 0 Å². The minimum absolute atomic E-state index is 0.296. The highest BCUT2D eigenvalue weighted by atomic mass is 32.2. The van der Waals surface area contributed by atoms with E-state index in [4.69, 9.17) is 0 Å². The fourth-order valence-electron chi connectivity index (χ4n) is 1.77. The van der Waals surface area contributed by atoms with E-state index in [1.807, 2.05) is 0 Å². The Balaban J connectivity index is 3.01. The largest absolute Gasteiger partial charge is 0.544 e. The van der Waals surface area contributed by atoms with Crippen LogP contribution in [-0.2, 0) is 15.0 Å². The Bertz CT molecular complexity index is 512. The van der Waals surface area contributed by atoms with Crippen molar-refractivity contribution in [1.29, 1.82) is 0 Å². The maximum absolute atomic E-state index is 12.1. The molecule has 1 atom stereocenters. The lowest BCUT2D eigenvalue weighted by Gasteiger charge is -2.21. The summed E-state index contributed by atoms with van der Waals surface area (Å²) in [7, 11) is -3.73. The number of hydrogen-bond acceptors (Lipinski definition) is 4. The Labute approximate surface area is 113 Å². The first kappa shape index (κ1) is 15.6. The van der Waals surface area contributed by atoms with Crippen LogP contribution in [0, 0.1) is 0 Å². The van der Waals surface area contributed by atoms with Crippen LogP contribution in [0.25, 0.3) is 0 Å². The zero-order chi connectivity index (χ0) is 14.5. The van der Waals surface area contributed by atoms with Crippen molar-refractivity contribution in [1.82, 2.24) is 4.31 Å². The summed E-state index contributed by atoms with van der Waals surface area (Å²) in [6, 6.07) is 6.90. The van der Waals surface area contributed by atoms with Crippen molar-refractivity contribution in [2.24, 2.45) is 0 Å². The lowest BCUT2D eigenvalue weighted by atomic mass is 10.1. The van der Waals surface area contributed by atoms with Crippen molar-refractivity contribution in [3.05, 3.63) is 35.9 Å². The third-order valence-electron chi connectivity index (χ3n) is 2.79. The van der Waals surface area contributed by atoms with Crippen LogP contribution in [0.15, 0.2) is 30.3 Å². The van der Waals surface area contributed by atoms with E-state index in [9.17, 15) is 18.3 Å². The molecule has 0 spiro atoms. The van der Waals surface area contributed by atoms with E-state index >= 15 is 0 Å². The lowest BCUT2D eigenvalue weighted by molar-refractivity contribution is -0.550. The molecule has 0 bridgehead atoms. The molecule has 0 saturated heterocycles. The van der Waals surface area contributed by atoms with Gasteiger partial charge in [0.2, 0.25) is 0 Å². The highest BCUT2D eigenvalue weighted by molar-refractivity contribution is 7.82. The lowest BCUT2D eigenvalue weighted by Crippen LogP contribution is -2.93. The molecule has 1 aromatic rings. The monoisotopic (exact) mass is 286 g/mol. The second-order valence-corrected chi connectivity index (χ2v) is 5.79. The number of carboxylic acids is 1. The number of aliphatic carboxylic acids is 1. The molecule has 19 heavy (non-hydrogen) atoms. The molecule has 0 saturated carbocycles. The number of carboxylic acid groups (broad SMARTS) is 1. The maximum atomic E-state index is 12.1. The molecule has 0 unspecified atom stereocenters. The smallest absolute Gasteiger partial charge is 0.370 e. The third-order valence-corrected chi connectivity index (χ3v) is 4.64. The van der Waals surface area contributed by atoms with Crippen LogP contribution in [0.1, 0.15) is 25.5 Å². The zero-order valence-corrected chi connectivity index (χ0v) is 11.8. The van der Waals surface area contributed by atoms with Crippen LogP contribution in [0.3, 0.4) is 0 Å². The minimum Gasteiger partial charge on any atom is -0.544 e. The molecule has 7 heteroatoms. The van der Waals surface area contributed by atoms with Crippen LogP contribution in [0.4, 0.5) is 0 Å². The van der Waals surface area contributed by atoms with Crippen molar-refractivity contribution < 1.29 is 23.0 Å². The molecular formula is C12H18N2O4S. The topological polar surface area (TPSA) is 94.1 Å². The molecule has 106 valence electrons. The van der Waals surface area contributed by atoms with Crippen molar-refractivity contribution in [2.45, 2.75) is 19.9 Å². The van der Waals surface area contributed by atoms with Gasteiger partial charge in [-0.1, -0.05) is 44.2 Å². The molecule has 0 heterocycles. The van der Waals surface area contributed by atoms with E-state index < -0.39 is 22.2 Å². The second-order valence-electron chi connectivity index (χ2n) is 3.97. The molecule has 6 nitrogen and oxygen atoms in total. The van der Waals surface area contributed by atoms with Gasteiger partial charge in [-0.2, -0.15) is 12.7 Å². The number of nitrogens with zero attached hydrogens (tertiary/aromatic N) is 1. The van der Waals surface area contributed by atoms with Gasteiger partial charge in [0.05, 0.1) is 0 Å². The predicted octanol–water partition coefficient (Wildman–Crippen LogP) is -1.37. The number of nitrogens with two attached hydrogens (primary N) is 1. The summed E-state index contributed by atoms with van der Waals surface area (Å²) in [6.07, 6.45) is 0. The van der Waals surface area contributed by atoms with E-state index in [1.165, 1.54) is 4.31 Å². The Hall–Kier alpha value is -1.44. The summed E-state index contributed by atoms with van der Waals surface area (Å²) in [5, 5.41) is 11.2. The van der Waals surface area contributed by atoms with Crippen molar-refractivity contribution in [3.63, 3.8) is 0 Å². The summed E-state index contributed by atoms with van der Waals surface area (Å²) < 4.78 is 26.2. The number of benzene rings is 1. The molecule has 0 radical (unpaired) electrons. The van der Waals surface area contributed by atoms with E-state index in [0.29, 0.717) is 18.7 Å². The highest BCUT2D eigenvalue weighted by Gasteiger charge is 2.29. The van der Waals surface area contributed by atoms with Crippen molar-refractivity contribution in [3.8, 4) is 0 Å². The fraction of sp³-hybridized carbons (Fsp3) is 0.417. The first-order valence-electron chi connectivity index (χ1n) is 6.03. The van der Waals surface area contributed by atoms with Crippen molar-refractivity contribution in [2.75, 3.05) is 13.1 Å². The average Bonchev–Trinajstić information content (AvgIpc) is 2.38. The van der Waals surface area contributed by atoms with Gasteiger partial charge in [0.15, 0.2) is 6.04 Å². The standard InChI is InChI=1S/C12H18N2O4S/c1-3-14(4-2)19(17,18)13-11(12(15)16)10-8-6-5-7-9-10/h5-9,11,13H,3-4H2,1-2H3,(H,15,16)/t11-/m1/s1. The summed E-state index contributed by atoms with van der Waals surface area (Å²) in [4.78, 5) is 11.2. The first-order chi connectivity index (χ1) is 8.92. The summed E-state index contributed by atoms with van der Waals surface area (Å²) >= 11 is 0. The number of hydrogen-bond donors (Lipinski definition) is 1. The molecule has 0 fully saturated rings. The number of rotatable bonds is 7. The number of carbonyl (C=O) groups excluding carboxylic acids is 1. The molecule has 1 aromatic carbocycles. The van der Waals surface area contributed by atoms with E-state index in [1.54, 1.807) is 44.2 Å². The quantitative estimate of drug-likeness (QED) is 0.669. The Kier molecular flexibility index (Phi) is 5.46. The van der Waals surface area contributed by atoms with Gasteiger partial charge in [-0.25, -0.2) is 4.72 Å². The van der Waals surface area contributed by atoms with Crippen LogP contribution in [0.2, 0.25) is 0 Å². The van der Waals surface area contributed by atoms with E-state index in [0.717, 1.165) is 4.72 Å². The summed E-state index contributed by atoms with van der Waals surface area (Å²) in [5.41, 5.74) is 0.387. The molecule has 2 N–H and O–H groups in total.